The summed E-state index contributed by atoms with van der Waals surface area (Å²) in [6.45, 7) is 2.40. The summed E-state index contributed by atoms with van der Waals surface area (Å²) in [5, 5.41) is 18.6. The van der Waals surface area contributed by atoms with E-state index in [2.05, 4.69) is 30.1 Å². The van der Waals surface area contributed by atoms with Crippen molar-refractivity contribution < 1.29 is 9.90 Å². The molecule has 4 nitrogen and oxygen atoms in total. The maximum absolute atomic E-state index is 11.3. The number of benzene rings is 1. The van der Waals surface area contributed by atoms with Crippen molar-refractivity contribution in [1.82, 2.24) is 4.98 Å². The molecule has 146 valence electrons. The van der Waals surface area contributed by atoms with E-state index in [4.69, 9.17) is 0 Å². The normalized spacial score (nSPS) is 29.8. The molecule has 1 aromatic carbocycles. The number of carboxylic acid groups (broad SMARTS) is 1. The minimum Gasteiger partial charge on any atom is -0.478 e. The first kappa shape index (κ1) is 18.1. The Kier molecular flexibility index (Phi) is 4.10. The molecule has 4 atom stereocenters. The fourth-order valence-corrected chi connectivity index (χ4v) is 6.38. The Labute approximate surface area is 170 Å². The van der Waals surface area contributed by atoms with Gasteiger partial charge in [0.1, 0.15) is 6.07 Å². The van der Waals surface area contributed by atoms with Crippen molar-refractivity contribution in [3.63, 3.8) is 0 Å². The minimum absolute atomic E-state index is 0.120. The van der Waals surface area contributed by atoms with E-state index in [-0.39, 0.29) is 5.41 Å². The van der Waals surface area contributed by atoms with Gasteiger partial charge in [-0.15, -0.1) is 0 Å². The van der Waals surface area contributed by atoms with Crippen molar-refractivity contribution in [2.75, 3.05) is 0 Å². The molecule has 1 N–H and O–H groups in total. The quantitative estimate of drug-likeness (QED) is 0.772. The minimum atomic E-state index is -0.844. The van der Waals surface area contributed by atoms with Gasteiger partial charge in [0.25, 0.3) is 0 Å². The van der Waals surface area contributed by atoms with Crippen LogP contribution in [0.4, 0.5) is 0 Å². The van der Waals surface area contributed by atoms with Crippen molar-refractivity contribution in [2.45, 2.75) is 44.9 Å². The molecule has 0 unspecified atom stereocenters. The topological polar surface area (TPSA) is 74.0 Å². The number of hydrogen-bond acceptors (Lipinski definition) is 3. The molecule has 0 amide bonds. The second kappa shape index (κ2) is 6.56. The molecule has 3 aliphatic rings. The SMILES string of the molecule is C[C@]12CC[C@@H]3c4ccc(C(=O)O)cc4CC[C@H]3[C@@H]1CC=C2c1cncc(C#N)c1. The first-order chi connectivity index (χ1) is 14.0. The van der Waals surface area contributed by atoms with Gasteiger partial charge in [-0.05, 0) is 95.7 Å². The van der Waals surface area contributed by atoms with Gasteiger partial charge in [0.05, 0.1) is 11.1 Å². The number of aromatic carboxylic acids is 1. The average molecular weight is 384 g/mol. The monoisotopic (exact) mass is 384 g/mol. The van der Waals surface area contributed by atoms with Gasteiger partial charge in [-0.25, -0.2) is 4.79 Å². The smallest absolute Gasteiger partial charge is 0.335 e. The van der Waals surface area contributed by atoms with Gasteiger partial charge >= 0.3 is 5.97 Å². The van der Waals surface area contributed by atoms with E-state index in [0.717, 1.165) is 37.7 Å². The van der Waals surface area contributed by atoms with Crippen molar-refractivity contribution in [3.05, 3.63) is 70.6 Å². The fraction of sp³-hybridized carbons (Fsp3) is 0.400. The number of pyridine rings is 1. The highest BCUT2D eigenvalue weighted by Gasteiger charge is 2.51. The summed E-state index contributed by atoms with van der Waals surface area (Å²) in [5.74, 6) is 0.895. The molecule has 0 bridgehead atoms. The van der Waals surface area contributed by atoms with Crippen LogP contribution in [0.3, 0.4) is 0 Å². The first-order valence-corrected chi connectivity index (χ1v) is 10.4. The average Bonchev–Trinajstić information content (AvgIpc) is 3.10. The summed E-state index contributed by atoms with van der Waals surface area (Å²) in [5.41, 5.74) is 6.19. The van der Waals surface area contributed by atoms with Crippen LogP contribution >= 0.6 is 0 Å². The van der Waals surface area contributed by atoms with E-state index in [9.17, 15) is 15.2 Å². The largest absolute Gasteiger partial charge is 0.478 e. The molecule has 0 aliphatic heterocycles. The fourth-order valence-electron chi connectivity index (χ4n) is 6.38. The molecule has 1 aromatic heterocycles. The molecule has 1 heterocycles. The van der Waals surface area contributed by atoms with Crippen LogP contribution in [-0.4, -0.2) is 16.1 Å². The maximum Gasteiger partial charge on any atom is 0.335 e. The lowest BCUT2D eigenvalue weighted by Crippen LogP contribution is -2.41. The van der Waals surface area contributed by atoms with Gasteiger partial charge < -0.3 is 5.11 Å². The van der Waals surface area contributed by atoms with Crippen molar-refractivity contribution in [3.8, 4) is 6.07 Å². The molecule has 5 rings (SSSR count). The van der Waals surface area contributed by atoms with E-state index >= 15 is 0 Å². The van der Waals surface area contributed by atoms with E-state index in [1.54, 1.807) is 12.3 Å². The third-order valence-electron chi connectivity index (χ3n) is 7.73. The number of aromatic nitrogens is 1. The van der Waals surface area contributed by atoms with E-state index in [0.29, 0.717) is 28.9 Å². The van der Waals surface area contributed by atoms with Crippen LogP contribution in [-0.2, 0) is 6.42 Å². The summed E-state index contributed by atoms with van der Waals surface area (Å²) >= 11 is 0. The number of nitriles is 1. The molecule has 4 heteroatoms. The number of hydrogen-bond donors (Lipinski definition) is 1. The Morgan fingerprint density at radius 1 is 1.28 bits per heavy atom. The van der Waals surface area contributed by atoms with E-state index in [1.165, 1.54) is 16.7 Å². The number of carbonyl (C=O) groups is 1. The first-order valence-electron chi connectivity index (χ1n) is 10.4. The number of nitrogens with zero attached hydrogens (tertiary/aromatic N) is 2. The Balaban J connectivity index is 1.47. The number of fused-ring (bicyclic) bond motifs is 5. The number of aryl methyl sites for hydroxylation is 1. The summed E-state index contributed by atoms with van der Waals surface area (Å²) in [7, 11) is 0. The standard InChI is InChI=1S/C25H24N2O2/c1-25-9-8-20-19-4-3-17(24(28)29)11-16(19)2-5-21(20)23(25)7-6-22(25)18-10-15(12-26)13-27-14-18/h3-4,6,10-11,13-14,20-21,23H,2,5,7-9H2,1H3,(H,28,29)/t20-,21-,23+,25-/m1/s1. The predicted octanol–water partition coefficient (Wildman–Crippen LogP) is 5.20. The Morgan fingerprint density at radius 3 is 2.93 bits per heavy atom. The van der Waals surface area contributed by atoms with Gasteiger partial charge in [0.15, 0.2) is 0 Å². The van der Waals surface area contributed by atoms with Crippen LogP contribution in [0.15, 0.2) is 42.7 Å². The molecule has 3 aliphatic carbocycles. The lowest BCUT2D eigenvalue weighted by Gasteiger charge is -2.50. The van der Waals surface area contributed by atoms with Crippen molar-refractivity contribution in [2.24, 2.45) is 17.3 Å². The molecule has 2 aromatic rings. The second-order valence-corrected chi connectivity index (χ2v) is 9.02. The summed E-state index contributed by atoms with van der Waals surface area (Å²) in [6, 6.07) is 9.92. The zero-order valence-corrected chi connectivity index (χ0v) is 16.6. The molecule has 0 saturated heterocycles. The van der Waals surface area contributed by atoms with Crippen LogP contribution in [0.25, 0.3) is 5.57 Å². The molecule has 1 fully saturated rings. The number of allylic oxidation sites excluding steroid dienone is 2. The highest BCUT2D eigenvalue weighted by Crippen LogP contribution is 2.63. The van der Waals surface area contributed by atoms with Crippen LogP contribution in [0.1, 0.15) is 71.1 Å². The van der Waals surface area contributed by atoms with Crippen molar-refractivity contribution >= 4 is 11.5 Å². The van der Waals surface area contributed by atoms with Gasteiger partial charge in [0, 0.05) is 12.4 Å². The third-order valence-corrected chi connectivity index (χ3v) is 7.73. The lowest BCUT2D eigenvalue weighted by molar-refractivity contribution is 0.0696. The molecule has 29 heavy (non-hydrogen) atoms. The highest BCUT2D eigenvalue weighted by atomic mass is 16.4. The number of carboxylic acids is 1. The second-order valence-electron chi connectivity index (χ2n) is 9.02. The zero-order chi connectivity index (χ0) is 20.2. The summed E-state index contributed by atoms with van der Waals surface area (Å²) in [6.07, 6.45) is 11.3. The zero-order valence-electron chi connectivity index (χ0n) is 16.6. The van der Waals surface area contributed by atoms with Crippen LogP contribution in [0, 0.1) is 28.6 Å². The van der Waals surface area contributed by atoms with E-state index < -0.39 is 5.97 Å². The maximum atomic E-state index is 11.3. The Bertz CT molecular complexity index is 1080. The van der Waals surface area contributed by atoms with Crippen LogP contribution in [0.5, 0.6) is 0 Å². The van der Waals surface area contributed by atoms with Gasteiger partial charge in [-0.2, -0.15) is 5.26 Å². The number of rotatable bonds is 2. The highest BCUT2D eigenvalue weighted by molar-refractivity contribution is 5.88. The lowest BCUT2D eigenvalue weighted by atomic mass is 9.54. The molecule has 0 spiro atoms. The Hall–Kier alpha value is -2.93. The van der Waals surface area contributed by atoms with Gasteiger partial charge in [0.2, 0.25) is 0 Å². The summed E-state index contributed by atoms with van der Waals surface area (Å²) in [4.78, 5) is 15.6. The van der Waals surface area contributed by atoms with Crippen molar-refractivity contribution in [1.29, 1.82) is 5.26 Å². The molecular weight excluding hydrogens is 360 g/mol. The molecule has 1 saturated carbocycles. The third kappa shape index (κ3) is 2.72. The predicted molar refractivity (Wildman–Crippen MR) is 110 cm³/mol. The Morgan fingerprint density at radius 2 is 2.14 bits per heavy atom. The van der Waals surface area contributed by atoms with Gasteiger partial charge in [-0.3, -0.25) is 4.98 Å². The molecular formula is C25H24N2O2. The summed E-state index contributed by atoms with van der Waals surface area (Å²) < 4.78 is 0. The van der Waals surface area contributed by atoms with E-state index in [1.807, 2.05) is 18.3 Å². The van der Waals surface area contributed by atoms with Crippen LogP contribution < -0.4 is 0 Å². The van der Waals surface area contributed by atoms with Crippen LogP contribution in [0.2, 0.25) is 0 Å². The van der Waals surface area contributed by atoms with Gasteiger partial charge in [-0.1, -0.05) is 19.1 Å². The molecule has 0 radical (unpaired) electrons.